The van der Waals surface area contributed by atoms with Crippen molar-refractivity contribution in [3.63, 3.8) is 0 Å². The number of rotatable bonds is 5. The van der Waals surface area contributed by atoms with Crippen LogP contribution >= 0.6 is 0 Å². The minimum atomic E-state index is -0.514. The quantitative estimate of drug-likeness (QED) is 0.781. The molecule has 3 heteroatoms. The third kappa shape index (κ3) is 3.44. The molecule has 0 aliphatic carbocycles. The molecule has 0 saturated heterocycles. The lowest BCUT2D eigenvalue weighted by Crippen LogP contribution is -2.14. The van der Waals surface area contributed by atoms with Crippen LogP contribution in [0, 0.1) is 5.82 Å². The largest absolute Gasteiger partial charge is 0.391 e. The number of aliphatic hydroxyl groups is 1. The number of aliphatic hydroxyl groups excluding tert-OH is 1. The maximum atomic E-state index is 13.1. The highest BCUT2D eigenvalue weighted by molar-refractivity contribution is 5.17. The maximum Gasteiger partial charge on any atom is 0.126 e. The van der Waals surface area contributed by atoms with Crippen LogP contribution in [0.25, 0.3) is 0 Å². The summed E-state index contributed by atoms with van der Waals surface area (Å²) in [6.07, 6.45) is 0.547. The predicted octanol–water partition coefficient (Wildman–Crippen LogP) is 1.77. The number of ether oxygens (including phenoxy) is 1. The average molecular weight is 198 g/mol. The summed E-state index contributed by atoms with van der Waals surface area (Å²) >= 11 is 0. The predicted molar refractivity (Wildman–Crippen MR) is 52.6 cm³/mol. The Morgan fingerprint density at radius 2 is 2.14 bits per heavy atom. The van der Waals surface area contributed by atoms with Crippen LogP contribution in [0.15, 0.2) is 24.3 Å². The molecule has 0 aliphatic heterocycles. The summed E-state index contributed by atoms with van der Waals surface area (Å²) in [7, 11) is 1.53. The zero-order valence-corrected chi connectivity index (χ0v) is 8.24. The van der Waals surface area contributed by atoms with Crippen LogP contribution in [0.5, 0.6) is 0 Å². The fourth-order valence-electron chi connectivity index (χ4n) is 1.30. The molecule has 1 atom stereocenters. The fourth-order valence-corrected chi connectivity index (χ4v) is 1.30. The van der Waals surface area contributed by atoms with Crippen molar-refractivity contribution in [1.82, 2.24) is 0 Å². The molecule has 78 valence electrons. The summed E-state index contributed by atoms with van der Waals surface area (Å²) < 4.78 is 17.9. The van der Waals surface area contributed by atoms with E-state index >= 15 is 0 Å². The van der Waals surface area contributed by atoms with Gasteiger partial charge >= 0.3 is 0 Å². The Morgan fingerprint density at radius 3 is 2.79 bits per heavy atom. The lowest BCUT2D eigenvalue weighted by Gasteiger charge is -2.09. The Bertz CT molecular complexity index is 276. The summed E-state index contributed by atoms with van der Waals surface area (Å²) in [5, 5.41) is 9.35. The van der Waals surface area contributed by atoms with Gasteiger partial charge in [0.25, 0.3) is 0 Å². The van der Waals surface area contributed by atoms with Gasteiger partial charge in [0.05, 0.1) is 12.7 Å². The van der Waals surface area contributed by atoms with Crippen LogP contribution in [0.4, 0.5) is 4.39 Å². The van der Waals surface area contributed by atoms with Crippen LogP contribution < -0.4 is 0 Å². The minimum absolute atomic E-state index is 0.211. The smallest absolute Gasteiger partial charge is 0.126 e. The molecule has 0 aliphatic rings. The second kappa shape index (κ2) is 5.73. The third-order valence-corrected chi connectivity index (χ3v) is 2.06. The first-order chi connectivity index (χ1) is 6.74. The van der Waals surface area contributed by atoms with E-state index in [-0.39, 0.29) is 5.82 Å². The molecule has 0 fully saturated rings. The summed E-state index contributed by atoms with van der Waals surface area (Å²) in [6, 6.07) is 6.61. The van der Waals surface area contributed by atoms with Crippen molar-refractivity contribution >= 4 is 0 Å². The lowest BCUT2D eigenvalue weighted by molar-refractivity contribution is 0.0594. The van der Waals surface area contributed by atoms with Crippen molar-refractivity contribution in [2.45, 2.75) is 18.9 Å². The van der Waals surface area contributed by atoms with E-state index in [1.165, 1.54) is 13.2 Å². The minimum Gasteiger partial charge on any atom is -0.391 e. The molecule has 1 aromatic rings. The molecule has 1 unspecified atom stereocenters. The van der Waals surface area contributed by atoms with Gasteiger partial charge in [-0.3, -0.25) is 0 Å². The molecule has 0 heterocycles. The highest BCUT2D eigenvalue weighted by atomic mass is 19.1. The van der Waals surface area contributed by atoms with Gasteiger partial charge in [0.15, 0.2) is 0 Å². The van der Waals surface area contributed by atoms with Crippen molar-refractivity contribution in [2.24, 2.45) is 0 Å². The van der Waals surface area contributed by atoms with Gasteiger partial charge in [0, 0.05) is 7.11 Å². The normalized spacial score (nSPS) is 12.8. The lowest BCUT2D eigenvalue weighted by atomic mass is 10.1. The molecular weight excluding hydrogens is 183 g/mol. The number of methoxy groups -OCH3 is 1. The molecule has 0 aromatic heterocycles. The standard InChI is InChI=1S/C11H15FO2/c1-14-8-10(13)7-6-9-4-2-3-5-11(9)12/h2-5,10,13H,6-8H2,1H3. The molecule has 0 bridgehead atoms. The summed E-state index contributed by atoms with van der Waals surface area (Å²) in [5.41, 5.74) is 0.641. The molecule has 0 saturated carbocycles. The van der Waals surface area contributed by atoms with Crippen molar-refractivity contribution in [3.05, 3.63) is 35.6 Å². The van der Waals surface area contributed by atoms with Crippen LogP contribution in [0.2, 0.25) is 0 Å². The SMILES string of the molecule is COCC(O)CCc1ccccc1F. The van der Waals surface area contributed by atoms with E-state index in [1.807, 2.05) is 0 Å². The van der Waals surface area contributed by atoms with Crippen LogP contribution in [0.1, 0.15) is 12.0 Å². The molecule has 14 heavy (non-hydrogen) atoms. The van der Waals surface area contributed by atoms with Crippen molar-refractivity contribution < 1.29 is 14.2 Å². The first-order valence-corrected chi connectivity index (χ1v) is 4.64. The fraction of sp³-hybridized carbons (Fsp3) is 0.455. The van der Waals surface area contributed by atoms with Crippen molar-refractivity contribution in [1.29, 1.82) is 0 Å². The second-order valence-corrected chi connectivity index (χ2v) is 3.24. The van der Waals surface area contributed by atoms with E-state index in [9.17, 15) is 9.50 Å². The molecule has 1 rings (SSSR count). The van der Waals surface area contributed by atoms with Gasteiger partial charge in [-0.2, -0.15) is 0 Å². The highest BCUT2D eigenvalue weighted by Gasteiger charge is 2.06. The Morgan fingerprint density at radius 1 is 1.43 bits per heavy atom. The molecule has 1 aromatic carbocycles. The molecule has 0 amide bonds. The number of hydrogen-bond donors (Lipinski definition) is 1. The van der Waals surface area contributed by atoms with E-state index < -0.39 is 6.10 Å². The van der Waals surface area contributed by atoms with Gasteiger partial charge in [-0.05, 0) is 24.5 Å². The number of aryl methyl sites for hydroxylation is 1. The van der Waals surface area contributed by atoms with Crippen LogP contribution in [-0.4, -0.2) is 24.9 Å². The van der Waals surface area contributed by atoms with Crippen LogP contribution in [0.3, 0.4) is 0 Å². The molecule has 0 radical (unpaired) electrons. The van der Waals surface area contributed by atoms with Crippen molar-refractivity contribution in [2.75, 3.05) is 13.7 Å². The monoisotopic (exact) mass is 198 g/mol. The van der Waals surface area contributed by atoms with Gasteiger partial charge in [-0.15, -0.1) is 0 Å². The average Bonchev–Trinajstić information content (AvgIpc) is 2.17. The van der Waals surface area contributed by atoms with Gasteiger partial charge in [-0.25, -0.2) is 4.39 Å². The molecule has 1 N–H and O–H groups in total. The first-order valence-electron chi connectivity index (χ1n) is 4.64. The van der Waals surface area contributed by atoms with E-state index in [1.54, 1.807) is 18.2 Å². The molecule has 2 nitrogen and oxygen atoms in total. The molecule has 0 spiro atoms. The number of benzene rings is 1. The topological polar surface area (TPSA) is 29.5 Å². The maximum absolute atomic E-state index is 13.1. The number of halogens is 1. The Kier molecular flexibility index (Phi) is 4.56. The van der Waals surface area contributed by atoms with E-state index in [4.69, 9.17) is 4.74 Å². The third-order valence-electron chi connectivity index (χ3n) is 2.06. The summed E-state index contributed by atoms with van der Waals surface area (Å²) in [5.74, 6) is -0.211. The van der Waals surface area contributed by atoms with Gasteiger partial charge in [0.2, 0.25) is 0 Å². The Hall–Kier alpha value is -0.930. The van der Waals surface area contributed by atoms with Crippen LogP contribution in [-0.2, 0) is 11.2 Å². The van der Waals surface area contributed by atoms with E-state index in [0.717, 1.165) is 0 Å². The number of hydrogen-bond acceptors (Lipinski definition) is 2. The highest BCUT2D eigenvalue weighted by Crippen LogP contribution is 2.10. The Balaban J connectivity index is 2.41. The second-order valence-electron chi connectivity index (χ2n) is 3.24. The first kappa shape index (κ1) is 11.1. The van der Waals surface area contributed by atoms with E-state index in [2.05, 4.69) is 0 Å². The van der Waals surface area contributed by atoms with Gasteiger partial charge < -0.3 is 9.84 Å². The zero-order valence-electron chi connectivity index (χ0n) is 8.24. The van der Waals surface area contributed by atoms with Gasteiger partial charge in [-0.1, -0.05) is 18.2 Å². The van der Waals surface area contributed by atoms with Gasteiger partial charge in [0.1, 0.15) is 5.82 Å². The summed E-state index contributed by atoms with van der Waals surface area (Å²) in [6.45, 7) is 0.300. The Labute approximate surface area is 83.3 Å². The molecular formula is C11H15FO2. The zero-order chi connectivity index (χ0) is 10.4. The summed E-state index contributed by atoms with van der Waals surface area (Å²) in [4.78, 5) is 0. The van der Waals surface area contributed by atoms with E-state index in [0.29, 0.717) is 25.0 Å². The van der Waals surface area contributed by atoms with Crippen molar-refractivity contribution in [3.8, 4) is 0 Å².